The zero-order valence-electron chi connectivity index (χ0n) is 17.3. The first kappa shape index (κ1) is 20.7. The van der Waals surface area contributed by atoms with Gasteiger partial charge >= 0.3 is 0 Å². The van der Waals surface area contributed by atoms with Crippen molar-refractivity contribution in [1.29, 1.82) is 0 Å². The summed E-state index contributed by atoms with van der Waals surface area (Å²) in [7, 11) is 0. The van der Waals surface area contributed by atoms with E-state index in [2.05, 4.69) is 0 Å². The van der Waals surface area contributed by atoms with Crippen molar-refractivity contribution in [2.24, 2.45) is 0 Å². The van der Waals surface area contributed by atoms with Gasteiger partial charge < -0.3 is 28.4 Å². The van der Waals surface area contributed by atoms with E-state index in [4.69, 9.17) is 28.4 Å². The maximum atomic E-state index is 5.90. The van der Waals surface area contributed by atoms with E-state index in [9.17, 15) is 0 Å². The summed E-state index contributed by atoms with van der Waals surface area (Å²) < 4.78 is 35.3. The van der Waals surface area contributed by atoms with E-state index >= 15 is 0 Å². The second kappa shape index (κ2) is 11.0. The normalized spacial score (nSPS) is 15.1. The molecule has 0 saturated heterocycles. The molecule has 4 rings (SSSR count). The van der Waals surface area contributed by atoms with Gasteiger partial charge in [0.1, 0.15) is 26.4 Å². The van der Waals surface area contributed by atoms with E-state index in [1.165, 1.54) is 0 Å². The fraction of sp³-hybridized carbons (Fsp3) is 0.280. The van der Waals surface area contributed by atoms with E-state index in [0.717, 1.165) is 6.42 Å². The van der Waals surface area contributed by atoms with Crippen LogP contribution in [0.5, 0.6) is 34.5 Å². The van der Waals surface area contributed by atoms with Gasteiger partial charge in [-0.2, -0.15) is 0 Å². The van der Waals surface area contributed by atoms with Crippen LogP contribution in [0.2, 0.25) is 0 Å². The second-order valence-electron chi connectivity index (χ2n) is 6.78. The zero-order valence-corrected chi connectivity index (χ0v) is 17.3. The van der Waals surface area contributed by atoms with Gasteiger partial charge in [-0.3, -0.25) is 0 Å². The van der Waals surface area contributed by atoms with E-state index in [1.807, 2.05) is 72.8 Å². The highest BCUT2D eigenvalue weighted by Crippen LogP contribution is 2.29. The number of para-hydroxylation sites is 6. The Morgan fingerprint density at radius 3 is 0.806 bits per heavy atom. The van der Waals surface area contributed by atoms with Gasteiger partial charge in [0.15, 0.2) is 34.5 Å². The zero-order chi connectivity index (χ0) is 21.1. The monoisotopic (exact) mass is 422 g/mol. The van der Waals surface area contributed by atoms with Gasteiger partial charge in [-0.15, -0.1) is 0 Å². The van der Waals surface area contributed by atoms with Crippen molar-refractivity contribution in [3.8, 4) is 34.5 Å². The minimum atomic E-state index is 0.381. The Balaban J connectivity index is 1.47. The molecule has 0 N–H and O–H groups in total. The Hall–Kier alpha value is -3.54. The molecule has 0 amide bonds. The summed E-state index contributed by atoms with van der Waals surface area (Å²) in [6, 6.07) is 22.8. The van der Waals surface area contributed by atoms with E-state index in [1.54, 1.807) is 0 Å². The first-order valence-corrected chi connectivity index (χ1v) is 10.4. The maximum Gasteiger partial charge on any atom is 0.161 e. The smallest absolute Gasteiger partial charge is 0.161 e. The molecule has 6 heteroatoms. The summed E-state index contributed by atoms with van der Waals surface area (Å²) >= 11 is 0. The Kier molecular flexibility index (Phi) is 7.36. The van der Waals surface area contributed by atoms with Crippen LogP contribution in [0.15, 0.2) is 72.8 Å². The van der Waals surface area contributed by atoms with Gasteiger partial charge in [0.05, 0.1) is 13.2 Å². The standard InChI is InChI=1S/C25H26O6/c1-3-10-22-20(8-1)26-14-7-15-27-21-9-2-4-11-23(21)29-17-19-31-25-13-6-5-12-24(25)30-18-16-28-22/h1-6,8-13H,7,14-19H2. The molecule has 31 heavy (non-hydrogen) atoms. The van der Waals surface area contributed by atoms with Crippen LogP contribution in [-0.2, 0) is 0 Å². The van der Waals surface area contributed by atoms with E-state index in [-0.39, 0.29) is 0 Å². The summed E-state index contributed by atoms with van der Waals surface area (Å²) in [5, 5.41) is 0. The van der Waals surface area contributed by atoms with Crippen LogP contribution >= 0.6 is 0 Å². The fourth-order valence-electron chi connectivity index (χ4n) is 3.10. The van der Waals surface area contributed by atoms with Crippen molar-refractivity contribution < 1.29 is 28.4 Å². The quantitative estimate of drug-likeness (QED) is 0.521. The van der Waals surface area contributed by atoms with Crippen LogP contribution in [-0.4, -0.2) is 39.6 Å². The second-order valence-corrected chi connectivity index (χ2v) is 6.78. The number of hydrogen-bond donors (Lipinski definition) is 0. The molecule has 3 aromatic rings. The fourth-order valence-corrected chi connectivity index (χ4v) is 3.10. The van der Waals surface area contributed by atoms with Gasteiger partial charge in [-0.1, -0.05) is 36.4 Å². The van der Waals surface area contributed by atoms with Gasteiger partial charge in [-0.05, 0) is 36.4 Å². The Bertz CT molecular complexity index is 882. The molecule has 0 atom stereocenters. The Morgan fingerprint density at radius 1 is 0.323 bits per heavy atom. The molecule has 1 aliphatic heterocycles. The highest BCUT2D eigenvalue weighted by molar-refractivity contribution is 5.41. The highest BCUT2D eigenvalue weighted by Gasteiger charge is 2.09. The summed E-state index contributed by atoms with van der Waals surface area (Å²) in [6.45, 7) is 2.56. The largest absolute Gasteiger partial charge is 0.490 e. The molecule has 0 aromatic heterocycles. The number of ether oxygens (including phenoxy) is 6. The third-order valence-corrected chi connectivity index (χ3v) is 4.55. The van der Waals surface area contributed by atoms with Crippen LogP contribution in [0.4, 0.5) is 0 Å². The average molecular weight is 422 g/mol. The van der Waals surface area contributed by atoms with Crippen LogP contribution in [0.1, 0.15) is 6.42 Å². The molecule has 0 spiro atoms. The molecule has 3 aromatic carbocycles. The minimum absolute atomic E-state index is 0.381. The van der Waals surface area contributed by atoms with Gasteiger partial charge in [0, 0.05) is 6.42 Å². The molecule has 1 heterocycles. The molecule has 0 unspecified atom stereocenters. The maximum absolute atomic E-state index is 5.90. The highest BCUT2D eigenvalue weighted by atomic mass is 16.6. The van der Waals surface area contributed by atoms with Gasteiger partial charge in [0.25, 0.3) is 0 Å². The van der Waals surface area contributed by atoms with Crippen molar-refractivity contribution in [1.82, 2.24) is 0 Å². The molecule has 0 saturated carbocycles. The first-order chi connectivity index (χ1) is 15.4. The minimum Gasteiger partial charge on any atom is -0.490 e. The third kappa shape index (κ3) is 5.98. The van der Waals surface area contributed by atoms with Crippen molar-refractivity contribution in [3.05, 3.63) is 72.8 Å². The summed E-state index contributed by atoms with van der Waals surface area (Å²) in [4.78, 5) is 0. The number of rotatable bonds is 0. The van der Waals surface area contributed by atoms with Crippen molar-refractivity contribution >= 4 is 0 Å². The van der Waals surface area contributed by atoms with Crippen LogP contribution < -0.4 is 28.4 Å². The number of benzene rings is 3. The molecule has 0 bridgehead atoms. The molecule has 0 aliphatic carbocycles. The molecule has 6 nitrogen and oxygen atoms in total. The number of hydrogen-bond acceptors (Lipinski definition) is 6. The van der Waals surface area contributed by atoms with Crippen molar-refractivity contribution in [2.75, 3.05) is 39.6 Å². The Labute approximate surface area is 182 Å². The van der Waals surface area contributed by atoms with Crippen LogP contribution in [0.25, 0.3) is 0 Å². The summed E-state index contributed by atoms with van der Waals surface area (Å²) in [6.07, 6.45) is 0.726. The van der Waals surface area contributed by atoms with E-state index in [0.29, 0.717) is 74.1 Å². The van der Waals surface area contributed by atoms with Crippen LogP contribution in [0.3, 0.4) is 0 Å². The van der Waals surface area contributed by atoms with Crippen LogP contribution in [0, 0.1) is 0 Å². The molecular formula is C25H26O6. The molecule has 0 radical (unpaired) electrons. The Morgan fingerprint density at radius 2 is 0.548 bits per heavy atom. The predicted molar refractivity (Wildman–Crippen MR) is 117 cm³/mol. The molecular weight excluding hydrogens is 396 g/mol. The summed E-state index contributed by atoms with van der Waals surface area (Å²) in [5.74, 6) is 4.11. The molecule has 0 fully saturated rings. The SMILES string of the molecule is c1ccc2c(c1)OCCCOc1ccccc1OCCOc1ccccc1OCCO2. The lowest BCUT2D eigenvalue weighted by atomic mass is 10.3. The lowest BCUT2D eigenvalue weighted by Crippen LogP contribution is -2.12. The van der Waals surface area contributed by atoms with Crippen molar-refractivity contribution in [2.45, 2.75) is 6.42 Å². The molecule has 1 aliphatic rings. The van der Waals surface area contributed by atoms with Gasteiger partial charge in [0.2, 0.25) is 0 Å². The molecule has 162 valence electrons. The lowest BCUT2D eigenvalue weighted by molar-refractivity contribution is 0.188. The summed E-state index contributed by atoms with van der Waals surface area (Å²) in [5.41, 5.74) is 0. The first-order valence-electron chi connectivity index (χ1n) is 10.4. The topological polar surface area (TPSA) is 55.4 Å². The van der Waals surface area contributed by atoms with E-state index < -0.39 is 0 Å². The number of fused-ring (bicyclic) bond motifs is 3. The average Bonchev–Trinajstić information content (AvgIpc) is 2.81. The lowest BCUT2D eigenvalue weighted by Gasteiger charge is -2.14. The van der Waals surface area contributed by atoms with Crippen molar-refractivity contribution in [3.63, 3.8) is 0 Å². The predicted octanol–water partition coefficient (Wildman–Crippen LogP) is 4.76. The third-order valence-electron chi connectivity index (χ3n) is 4.55. The van der Waals surface area contributed by atoms with Gasteiger partial charge in [-0.25, -0.2) is 0 Å².